The van der Waals surface area contributed by atoms with Crippen LogP contribution in [0.5, 0.6) is 5.75 Å². The highest BCUT2D eigenvalue weighted by atomic mass is 32.1. The maximum atomic E-state index is 12.5. The van der Waals surface area contributed by atoms with Gasteiger partial charge in [-0.2, -0.15) is 5.26 Å². The van der Waals surface area contributed by atoms with Crippen molar-refractivity contribution in [3.05, 3.63) is 41.1 Å². The van der Waals surface area contributed by atoms with Crippen LogP contribution in [0, 0.1) is 11.3 Å². The predicted molar refractivity (Wildman–Crippen MR) is 97.7 cm³/mol. The first kappa shape index (κ1) is 18.7. The van der Waals surface area contributed by atoms with E-state index in [1.54, 1.807) is 19.1 Å². The van der Waals surface area contributed by atoms with Crippen LogP contribution in [0.2, 0.25) is 0 Å². The van der Waals surface area contributed by atoms with Gasteiger partial charge in [-0.1, -0.05) is 25.5 Å². The van der Waals surface area contributed by atoms with Crippen LogP contribution in [0.25, 0.3) is 0 Å². The van der Waals surface area contributed by atoms with Gasteiger partial charge in [-0.3, -0.25) is 0 Å². The molecule has 25 heavy (non-hydrogen) atoms. The van der Waals surface area contributed by atoms with Crippen molar-refractivity contribution in [3.8, 4) is 11.8 Å². The van der Waals surface area contributed by atoms with Gasteiger partial charge in [0.25, 0.3) is 0 Å². The van der Waals surface area contributed by atoms with E-state index in [0.29, 0.717) is 29.5 Å². The third-order valence-corrected chi connectivity index (χ3v) is 3.89. The highest BCUT2D eigenvalue weighted by Gasteiger charge is 2.31. The Bertz CT molecular complexity index is 707. The van der Waals surface area contributed by atoms with Crippen LogP contribution >= 0.6 is 12.2 Å². The number of carbonyl (C=O) groups is 1. The Morgan fingerprint density at radius 3 is 2.64 bits per heavy atom. The van der Waals surface area contributed by atoms with E-state index >= 15 is 0 Å². The van der Waals surface area contributed by atoms with Crippen LogP contribution in [-0.4, -0.2) is 24.3 Å². The molecule has 1 atom stereocenters. The number of esters is 1. The van der Waals surface area contributed by atoms with Gasteiger partial charge in [0.05, 0.1) is 18.2 Å². The number of carbonyl (C=O) groups excluding carboxylic acids is 1. The fourth-order valence-corrected chi connectivity index (χ4v) is 2.88. The molecule has 2 N–H and O–H groups in total. The van der Waals surface area contributed by atoms with Gasteiger partial charge in [0.1, 0.15) is 11.8 Å². The Hall–Kier alpha value is -2.59. The molecule has 7 heteroatoms. The lowest BCUT2D eigenvalue weighted by molar-refractivity contribution is -0.139. The minimum atomic E-state index is -0.389. The Morgan fingerprint density at radius 1 is 1.32 bits per heavy atom. The van der Waals surface area contributed by atoms with Crippen molar-refractivity contribution < 1.29 is 14.3 Å². The average Bonchev–Trinajstić information content (AvgIpc) is 2.60. The van der Waals surface area contributed by atoms with E-state index in [-0.39, 0.29) is 18.6 Å². The van der Waals surface area contributed by atoms with E-state index in [1.165, 1.54) is 0 Å². The van der Waals surface area contributed by atoms with Crippen molar-refractivity contribution in [3.63, 3.8) is 0 Å². The third-order valence-electron chi connectivity index (χ3n) is 3.67. The molecule has 1 aliphatic heterocycles. The molecule has 0 amide bonds. The predicted octanol–water partition coefficient (Wildman–Crippen LogP) is 2.73. The molecule has 1 aromatic carbocycles. The lowest BCUT2D eigenvalue weighted by atomic mass is 9.94. The third kappa shape index (κ3) is 4.70. The van der Waals surface area contributed by atoms with Gasteiger partial charge in [-0.25, -0.2) is 4.79 Å². The Balaban J connectivity index is 2.37. The molecular weight excluding hydrogens is 338 g/mol. The topological polar surface area (TPSA) is 83.4 Å². The SMILES string of the molecule is CCCC1=C(C(=O)OCC)[C@@H](c2ccc(OCC#N)cc2)NC(=S)N1. The molecule has 132 valence electrons. The van der Waals surface area contributed by atoms with Crippen molar-refractivity contribution >= 4 is 23.3 Å². The van der Waals surface area contributed by atoms with E-state index < -0.39 is 0 Å². The summed E-state index contributed by atoms with van der Waals surface area (Å²) in [5, 5.41) is 15.3. The van der Waals surface area contributed by atoms with Crippen LogP contribution in [0.15, 0.2) is 35.5 Å². The zero-order valence-electron chi connectivity index (χ0n) is 14.3. The van der Waals surface area contributed by atoms with Crippen LogP contribution < -0.4 is 15.4 Å². The first-order chi connectivity index (χ1) is 12.1. The minimum Gasteiger partial charge on any atom is -0.479 e. The quantitative estimate of drug-likeness (QED) is 0.572. The number of nitrogens with one attached hydrogen (secondary N) is 2. The standard InChI is InChI=1S/C18H21N3O3S/c1-3-5-14-15(17(22)23-4-2)16(21-18(25)20-14)12-6-8-13(9-7-12)24-11-10-19/h6-9,16H,3-5,11H2,1-2H3,(H2,20,21,25)/t16-/m1/s1. The zero-order valence-corrected chi connectivity index (χ0v) is 15.1. The van der Waals surface area contributed by atoms with Gasteiger partial charge in [-0.05, 0) is 43.3 Å². The van der Waals surface area contributed by atoms with Gasteiger partial charge in [-0.15, -0.1) is 0 Å². The Kier molecular flexibility index (Phi) is 6.78. The normalized spacial score (nSPS) is 16.5. The molecule has 1 heterocycles. The molecule has 2 rings (SSSR count). The molecule has 0 spiro atoms. The summed E-state index contributed by atoms with van der Waals surface area (Å²) in [5.74, 6) is 0.237. The molecule has 0 saturated carbocycles. The van der Waals surface area contributed by atoms with Crippen LogP contribution in [-0.2, 0) is 9.53 Å². The van der Waals surface area contributed by atoms with Gasteiger partial charge in [0, 0.05) is 5.70 Å². The summed E-state index contributed by atoms with van der Waals surface area (Å²) in [6.07, 6.45) is 1.58. The number of allylic oxidation sites excluding steroid dienone is 1. The molecule has 0 bridgehead atoms. The molecule has 0 aromatic heterocycles. The first-order valence-electron chi connectivity index (χ1n) is 8.18. The van der Waals surface area contributed by atoms with E-state index in [9.17, 15) is 4.79 Å². The van der Waals surface area contributed by atoms with E-state index in [4.69, 9.17) is 27.0 Å². The Morgan fingerprint density at radius 2 is 2.04 bits per heavy atom. The van der Waals surface area contributed by atoms with E-state index in [2.05, 4.69) is 10.6 Å². The highest BCUT2D eigenvalue weighted by Crippen LogP contribution is 2.30. The highest BCUT2D eigenvalue weighted by molar-refractivity contribution is 7.80. The second kappa shape index (κ2) is 9.04. The van der Waals surface area contributed by atoms with E-state index in [1.807, 2.05) is 25.1 Å². The molecule has 0 radical (unpaired) electrons. The molecule has 1 aliphatic rings. The van der Waals surface area contributed by atoms with Gasteiger partial charge in [0.15, 0.2) is 11.7 Å². The molecule has 6 nitrogen and oxygen atoms in total. The van der Waals surface area contributed by atoms with Crippen molar-refractivity contribution in [1.82, 2.24) is 10.6 Å². The number of hydrogen-bond donors (Lipinski definition) is 2. The number of nitrogens with zero attached hydrogens (tertiary/aromatic N) is 1. The summed E-state index contributed by atoms with van der Waals surface area (Å²) in [7, 11) is 0. The van der Waals surface area contributed by atoms with E-state index in [0.717, 1.165) is 17.7 Å². The maximum absolute atomic E-state index is 12.5. The summed E-state index contributed by atoms with van der Waals surface area (Å²) in [5.41, 5.74) is 2.20. The van der Waals surface area contributed by atoms with Gasteiger partial charge in [0.2, 0.25) is 0 Å². The molecule has 0 unspecified atom stereocenters. The van der Waals surface area contributed by atoms with Crippen molar-refractivity contribution in [1.29, 1.82) is 5.26 Å². The fraction of sp³-hybridized carbons (Fsp3) is 0.389. The molecule has 0 fully saturated rings. The molecule has 0 aliphatic carbocycles. The summed E-state index contributed by atoms with van der Waals surface area (Å²) >= 11 is 5.29. The number of rotatable bonds is 7. The summed E-state index contributed by atoms with van der Waals surface area (Å²) in [4.78, 5) is 12.5. The first-order valence-corrected chi connectivity index (χ1v) is 8.58. The largest absolute Gasteiger partial charge is 0.479 e. The lowest BCUT2D eigenvalue weighted by Gasteiger charge is -2.31. The van der Waals surface area contributed by atoms with Gasteiger partial charge >= 0.3 is 5.97 Å². The number of hydrogen-bond acceptors (Lipinski definition) is 5. The lowest BCUT2D eigenvalue weighted by Crippen LogP contribution is -2.45. The smallest absolute Gasteiger partial charge is 0.338 e. The fourth-order valence-electron chi connectivity index (χ4n) is 2.64. The number of nitriles is 1. The second-order valence-corrected chi connectivity index (χ2v) is 5.82. The van der Waals surface area contributed by atoms with Crippen molar-refractivity contribution in [2.24, 2.45) is 0 Å². The Labute approximate surface area is 152 Å². The van der Waals surface area contributed by atoms with Crippen molar-refractivity contribution in [2.45, 2.75) is 32.7 Å². The zero-order chi connectivity index (χ0) is 18.2. The van der Waals surface area contributed by atoms with Gasteiger partial charge < -0.3 is 20.1 Å². The van der Waals surface area contributed by atoms with Crippen LogP contribution in [0.1, 0.15) is 38.3 Å². The molecular formula is C18H21N3O3S. The number of ether oxygens (including phenoxy) is 2. The summed E-state index contributed by atoms with van der Waals surface area (Å²) < 4.78 is 10.5. The van der Waals surface area contributed by atoms with Crippen molar-refractivity contribution in [2.75, 3.05) is 13.2 Å². The minimum absolute atomic E-state index is 0.0103. The molecule has 0 saturated heterocycles. The molecule has 1 aromatic rings. The van der Waals surface area contributed by atoms with Crippen LogP contribution in [0.3, 0.4) is 0 Å². The summed E-state index contributed by atoms with van der Waals surface area (Å²) in [6, 6.07) is 8.77. The number of thiocarbonyl (C=S) groups is 1. The monoisotopic (exact) mass is 359 g/mol. The number of benzene rings is 1. The van der Waals surface area contributed by atoms with Crippen LogP contribution in [0.4, 0.5) is 0 Å². The second-order valence-electron chi connectivity index (χ2n) is 5.41. The summed E-state index contributed by atoms with van der Waals surface area (Å²) in [6.45, 7) is 4.12. The average molecular weight is 359 g/mol. The maximum Gasteiger partial charge on any atom is 0.338 e.